The quantitative estimate of drug-likeness (QED) is 0.558. The molecule has 4 rings (SSSR count). The van der Waals surface area contributed by atoms with Crippen LogP contribution in [-0.4, -0.2) is 62.2 Å². The third-order valence-electron chi connectivity index (χ3n) is 5.77. The van der Waals surface area contributed by atoms with E-state index in [2.05, 4.69) is 15.7 Å². The molecule has 10 heteroatoms. The van der Waals surface area contributed by atoms with Crippen LogP contribution in [0.2, 0.25) is 0 Å². The average molecular weight is 443 g/mol. The molecule has 32 heavy (non-hydrogen) atoms. The molecule has 2 aliphatic rings. The Hall–Kier alpha value is -3.30. The number of rotatable bonds is 7. The first-order chi connectivity index (χ1) is 15.3. The summed E-state index contributed by atoms with van der Waals surface area (Å²) in [6.07, 6.45) is 6.80. The molecule has 10 nitrogen and oxygen atoms in total. The Morgan fingerprint density at radius 2 is 1.94 bits per heavy atom. The van der Waals surface area contributed by atoms with Crippen molar-refractivity contribution in [2.75, 3.05) is 25.5 Å². The Kier molecular flexibility index (Phi) is 5.94. The van der Waals surface area contributed by atoms with Gasteiger partial charge in [-0.1, -0.05) is 13.8 Å². The molecule has 2 amide bonds. The number of aromatic nitrogens is 3. The molecule has 3 heterocycles. The largest absolute Gasteiger partial charge is 0.494 e. The molecule has 172 valence electrons. The minimum absolute atomic E-state index is 0.0381. The van der Waals surface area contributed by atoms with Gasteiger partial charge >= 0.3 is 0 Å². The first-order valence-corrected chi connectivity index (χ1v) is 11.2. The van der Waals surface area contributed by atoms with Crippen molar-refractivity contribution in [1.29, 1.82) is 0 Å². The number of nitrogens with one attached hydrogen (secondary N) is 2. The van der Waals surface area contributed by atoms with Gasteiger partial charge in [-0.2, -0.15) is 4.52 Å². The molecule has 0 atom stereocenters. The standard InChI is InChI=1S/C22H30N6O4/c1-13(2)12-27-20-15(8-9-16(29)26-10-4-5-11-26)18(23-3)25-28(20)22(32)17(21(27)31)19(30)24-14-6-7-14/h8-9,13-14,31H,4-7,10-12H2,1-3H3,(H,23,25)(H,24,30). The van der Waals surface area contributed by atoms with Crippen LogP contribution >= 0.6 is 0 Å². The molecule has 0 spiro atoms. The van der Waals surface area contributed by atoms with E-state index in [0.29, 0.717) is 23.6 Å². The fraction of sp³-hybridized carbons (Fsp3) is 0.545. The second-order valence-electron chi connectivity index (χ2n) is 8.87. The highest BCUT2D eigenvalue weighted by Crippen LogP contribution is 2.28. The van der Waals surface area contributed by atoms with Gasteiger partial charge in [-0.3, -0.25) is 19.0 Å². The van der Waals surface area contributed by atoms with Gasteiger partial charge in [-0.25, -0.2) is 0 Å². The predicted molar refractivity (Wildman–Crippen MR) is 121 cm³/mol. The number of aromatic hydroxyl groups is 1. The summed E-state index contributed by atoms with van der Waals surface area (Å²) in [5.74, 6) is -0.604. The van der Waals surface area contributed by atoms with Crippen LogP contribution < -0.4 is 16.2 Å². The van der Waals surface area contributed by atoms with E-state index < -0.39 is 17.3 Å². The Morgan fingerprint density at radius 3 is 2.53 bits per heavy atom. The van der Waals surface area contributed by atoms with Crippen LogP contribution in [0.1, 0.15) is 55.5 Å². The summed E-state index contributed by atoms with van der Waals surface area (Å²) in [6, 6.07) is 0.0381. The number of fused-ring (bicyclic) bond motifs is 1. The van der Waals surface area contributed by atoms with E-state index >= 15 is 0 Å². The summed E-state index contributed by atoms with van der Waals surface area (Å²) >= 11 is 0. The number of carbonyl (C=O) groups is 2. The zero-order valence-electron chi connectivity index (χ0n) is 18.7. The number of hydrogen-bond acceptors (Lipinski definition) is 6. The zero-order chi connectivity index (χ0) is 23.0. The summed E-state index contributed by atoms with van der Waals surface area (Å²) in [5, 5.41) is 21.1. The van der Waals surface area contributed by atoms with Crippen LogP contribution in [0, 0.1) is 5.92 Å². The lowest BCUT2D eigenvalue weighted by atomic mass is 10.2. The third-order valence-corrected chi connectivity index (χ3v) is 5.77. The van der Waals surface area contributed by atoms with Gasteiger partial charge in [-0.15, -0.1) is 5.10 Å². The minimum Gasteiger partial charge on any atom is -0.494 e. The Labute approximate surface area is 185 Å². The van der Waals surface area contributed by atoms with Crippen molar-refractivity contribution < 1.29 is 14.7 Å². The zero-order valence-corrected chi connectivity index (χ0v) is 18.7. The number of nitrogens with zero attached hydrogens (tertiary/aromatic N) is 4. The van der Waals surface area contributed by atoms with Crippen LogP contribution in [0.25, 0.3) is 11.7 Å². The van der Waals surface area contributed by atoms with Crippen molar-refractivity contribution in [2.24, 2.45) is 5.92 Å². The van der Waals surface area contributed by atoms with Gasteiger partial charge in [0, 0.05) is 38.8 Å². The van der Waals surface area contributed by atoms with E-state index in [9.17, 15) is 19.5 Å². The fourth-order valence-corrected chi connectivity index (χ4v) is 4.02. The van der Waals surface area contributed by atoms with Gasteiger partial charge in [0.25, 0.3) is 11.5 Å². The summed E-state index contributed by atoms with van der Waals surface area (Å²) in [7, 11) is 1.67. The van der Waals surface area contributed by atoms with Gasteiger partial charge < -0.3 is 20.6 Å². The number of carbonyl (C=O) groups excluding carboxylic acids is 2. The van der Waals surface area contributed by atoms with Crippen LogP contribution in [0.4, 0.5) is 5.82 Å². The Balaban J connectivity index is 1.87. The summed E-state index contributed by atoms with van der Waals surface area (Å²) in [6.45, 7) is 5.76. The highest BCUT2D eigenvalue weighted by atomic mass is 16.3. The molecule has 3 N–H and O–H groups in total. The monoisotopic (exact) mass is 442 g/mol. The van der Waals surface area contributed by atoms with Crippen LogP contribution in [0.3, 0.4) is 0 Å². The maximum atomic E-state index is 13.2. The molecule has 0 radical (unpaired) electrons. The summed E-state index contributed by atoms with van der Waals surface area (Å²) in [5.41, 5.74) is -0.183. The van der Waals surface area contributed by atoms with E-state index in [-0.39, 0.29) is 23.4 Å². The van der Waals surface area contributed by atoms with Gasteiger partial charge in [-0.05, 0) is 37.7 Å². The highest BCUT2D eigenvalue weighted by Gasteiger charge is 2.30. The molecule has 1 aliphatic heterocycles. The number of likely N-dealkylation sites (tertiary alicyclic amines) is 1. The lowest BCUT2D eigenvalue weighted by Gasteiger charge is -2.17. The normalized spacial score (nSPS) is 16.4. The van der Waals surface area contributed by atoms with Crippen LogP contribution in [0.15, 0.2) is 10.9 Å². The molecule has 2 fully saturated rings. The first-order valence-electron chi connectivity index (χ1n) is 11.2. The molecule has 1 saturated carbocycles. The van der Waals surface area contributed by atoms with E-state index in [1.165, 1.54) is 10.6 Å². The molecule has 0 aromatic carbocycles. The first kappa shape index (κ1) is 21.9. The van der Waals surface area contributed by atoms with Crippen molar-refractivity contribution in [2.45, 2.75) is 52.1 Å². The van der Waals surface area contributed by atoms with E-state index in [4.69, 9.17) is 0 Å². The topological polar surface area (TPSA) is 121 Å². The number of amides is 2. The lowest BCUT2D eigenvalue weighted by molar-refractivity contribution is -0.124. The second-order valence-corrected chi connectivity index (χ2v) is 8.87. The van der Waals surface area contributed by atoms with Crippen molar-refractivity contribution in [3.05, 3.63) is 27.6 Å². The molecular formula is C22H30N6O4. The Bertz CT molecular complexity index is 1140. The summed E-state index contributed by atoms with van der Waals surface area (Å²) < 4.78 is 2.66. The van der Waals surface area contributed by atoms with Gasteiger partial charge in [0.05, 0.1) is 5.56 Å². The van der Waals surface area contributed by atoms with Crippen molar-refractivity contribution in [3.8, 4) is 5.88 Å². The van der Waals surface area contributed by atoms with Crippen molar-refractivity contribution in [3.63, 3.8) is 0 Å². The second kappa shape index (κ2) is 8.68. The third kappa shape index (κ3) is 4.09. The fourth-order valence-electron chi connectivity index (χ4n) is 4.02. The highest BCUT2D eigenvalue weighted by molar-refractivity contribution is 5.97. The minimum atomic E-state index is -0.697. The molecule has 1 aliphatic carbocycles. The van der Waals surface area contributed by atoms with E-state index in [0.717, 1.165) is 43.3 Å². The smallest absolute Gasteiger partial charge is 0.291 e. The van der Waals surface area contributed by atoms with Crippen LogP contribution in [-0.2, 0) is 11.3 Å². The maximum absolute atomic E-state index is 13.2. The summed E-state index contributed by atoms with van der Waals surface area (Å²) in [4.78, 5) is 40.3. The van der Waals surface area contributed by atoms with Gasteiger partial charge in [0.2, 0.25) is 11.8 Å². The molecule has 1 saturated heterocycles. The van der Waals surface area contributed by atoms with Crippen molar-refractivity contribution in [1.82, 2.24) is 24.4 Å². The maximum Gasteiger partial charge on any atom is 0.291 e. The molecule has 0 unspecified atom stereocenters. The van der Waals surface area contributed by atoms with Crippen LogP contribution in [0.5, 0.6) is 5.88 Å². The average Bonchev–Trinajstić information content (AvgIpc) is 3.26. The van der Waals surface area contributed by atoms with E-state index in [1.54, 1.807) is 18.0 Å². The number of hydrogen-bond donors (Lipinski definition) is 3. The lowest BCUT2D eigenvalue weighted by Crippen LogP contribution is -2.34. The SMILES string of the molecule is CNc1nn2c(=O)c(C(=O)NC3CC3)c(O)n(CC(C)C)c2c1C=CC(=O)N1CCCC1. The van der Waals surface area contributed by atoms with Crippen molar-refractivity contribution >= 4 is 29.4 Å². The molecular weight excluding hydrogens is 412 g/mol. The van der Waals surface area contributed by atoms with Gasteiger partial charge in [0.1, 0.15) is 0 Å². The molecule has 2 aromatic rings. The van der Waals surface area contributed by atoms with Gasteiger partial charge in [0.15, 0.2) is 17.0 Å². The van der Waals surface area contributed by atoms with E-state index in [1.807, 2.05) is 13.8 Å². The Morgan fingerprint density at radius 1 is 1.25 bits per heavy atom. The number of anilines is 1. The molecule has 2 aromatic heterocycles. The molecule has 0 bridgehead atoms. The predicted octanol–water partition coefficient (Wildman–Crippen LogP) is 1.43.